The molecular formula is C15H31N3O2. The summed E-state index contributed by atoms with van der Waals surface area (Å²) < 4.78 is 10.6. The Morgan fingerprint density at radius 3 is 2.90 bits per heavy atom. The van der Waals surface area contributed by atoms with Crippen LogP contribution in [0.15, 0.2) is 4.99 Å². The maximum atomic E-state index is 5.62. The van der Waals surface area contributed by atoms with Gasteiger partial charge in [0.1, 0.15) is 0 Å². The zero-order valence-corrected chi connectivity index (χ0v) is 13.4. The van der Waals surface area contributed by atoms with Gasteiger partial charge in [-0.3, -0.25) is 4.99 Å². The fraction of sp³-hybridized carbons (Fsp3) is 0.933. The summed E-state index contributed by atoms with van der Waals surface area (Å²) in [5, 5.41) is 3.46. The van der Waals surface area contributed by atoms with Gasteiger partial charge in [-0.25, -0.2) is 0 Å². The van der Waals surface area contributed by atoms with Crippen LogP contribution in [0.3, 0.4) is 0 Å². The van der Waals surface area contributed by atoms with E-state index in [2.05, 4.69) is 22.1 Å². The number of methoxy groups -OCH3 is 1. The Balaban J connectivity index is 2.19. The third kappa shape index (κ3) is 6.57. The molecule has 0 bridgehead atoms. The first-order valence-corrected chi connectivity index (χ1v) is 7.84. The molecule has 1 rings (SSSR count). The lowest BCUT2D eigenvalue weighted by atomic mass is 10.1. The van der Waals surface area contributed by atoms with Gasteiger partial charge in [0.25, 0.3) is 0 Å². The molecule has 1 aliphatic heterocycles. The molecule has 5 heteroatoms. The molecule has 0 spiro atoms. The van der Waals surface area contributed by atoms with Crippen LogP contribution >= 0.6 is 0 Å². The lowest BCUT2D eigenvalue weighted by molar-refractivity contribution is 0.0536. The molecule has 0 amide bonds. The van der Waals surface area contributed by atoms with Gasteiger partial charge in [-0.05, 0) is 12.8 Å². The summed E-state index contributed by atoms with van der Waals surface area (Å²) in [6.45, 7) is 7.56. The minimum absolute atomic E-state index is 0.612. The van der Waals surface area contributed by atoms with E-state index in [-0.39, 0.29) is 0 Å². The average molecular weight is 285 g/mol. The summed E-state index contributed by atoms with van der Waals surface area (Å²) in [6.07, 6.45) is 4.93. The molecule has 1 atom stereocenters. The third-order valence-electron chi connectivity index (χ3n) is 3.65. The van der Waals surface area contributed by atoms with Crippen molar-refractivity contribution in [3.63, 3.8) is 0 Å². The fourth-order valence-electron chi connectivity index (χ4n) is 2.46. The molecule has 1 fully saturated rings. The standard InChI is InChI=1S/C15H31N3O2/c1-4-5-6-8-17-15(16-2)18-9-7-14(12-18)13-20-11-10-19-3/h14H,4-13H2,1-3H3,(H,16,17). The number of guanidine groups is 1. The van der Waals surface area contributed by atoms with Gasteiger partial charge in [-0.2, -0.15) is 0 Å². The summed E-state index contributed by atoms with van der Waals surface area (Å²) in [6, 6.07) is 0. The number of unbranched alkanes of at least 4 members (excludes halogenated alkanes) is 2. The van der Waals surface area contributed by atoms with E-state index in [0.29, 0.717) is 19.1 Å². The number of aliphatic imine (C=N–C) groups is 1. The summed E-state index contributed by atoms with van der Waals surface area (Å²) in [5.74, 6) is 1.65. The van der Waals surface area contributed by atoms with Gasteiger partial charge in [-0.1, -0.05) is 19.8 Å². The predicted octanol–water partition coefficient (Wildman–Crippen LogP) is 1.74. The molecule has 0 aromatic carbocycles. The van der Waals surface area contributed by atoms with Crippen molar-refractivity contribution in [3.8, 4) is 0 Å². The first kappa shape index (κ1) is 17.2. The Kier molecular flexibility index (Phi) is 9.41. The van der Waals surface area contributed by atoms with Crippen molar-refractivity contribution in [1.82, 2.24) is 10.2 Å². The number of rotatable bonds is 9. The van der Waals surface area contributed by atoms with Crippen molar-refractivity contribution in [2.75, 3.05) is 53.6 Å². The van der Waals surface area contributed by atoms with Crippen molar-refractivity contribution in [1.29, 1.82) is 0 Å². The molecule has 0 saturated carbocycles. The van der Waals surface area contributed by atoms with Crippen LogP contribution in [-0.2, 0) is 9.47 Å². The molecule has 0 aromatic rings. The number of nitrogens with zero attached hydrogens (tertiary/aromatic N) is 2. The van der Waals surface area contributed by atoms with Crippen LogP contribution in [0.1, 0.15) is 32.6 Å². The summed E-state index contributed by atoms with van der Waals surface area (Å²) in [7, 11) is 3.57. The van der Waals surface area contributed by atoms with E-state index in [1.165, 1.54) is 25.7 Å². The van der Waals surface area contributed by atoms with E-state index in [4.69, 9.17) is 9.47 Å². The first-order chi connectivity index (χ1) is 9.81. The van der Waals surface area contributed by atoms with Crippen LogP contribution in [0, 0.1) is 5.92 Å². The Morgan fingerprint density at radius 1 is 1.35 bits per heavy atom. The minimum atomic E-state index is 0.612. The van der Waals surface area contributed by atoms with Crippen LogP contribution in [0.2, 0.25) is 0 Å². The molecule has 1 N–H and O–H groups in total. The van der Waals surface area contributed by atoms with E-state index in [1.54, 1.807) is 7.11 Å². The quantitative estimate of drug-likeness (QED) is 0.398. The van der Waals surface area contributed by atoms with Gasteiger partial charge in [0, 0.05) is 39.7 Å². The largest absolute Gasteiger partial charge is 0.382 e. The van der Waals surface area contributed by atoms with Crippen LogP contribution in [0.25, 0.3) is 0 Å². The molecule has 0 aromatic heterocycles. The first-order valence-electron chi connectivity index (χ1n) is 7.84. The molecule has 5 nitrogen and oxygen atoms in total. The second-order valence-electron chi connectivity index (χ2n) is 5.35. The highest BCUT2D eigenvalue weighted by atomic mass is 16.5. The van der Waals surface area contributed by atoms with Crippen molar-refractivity contribution in [3.05, 3.63) is 0 Å². The molecular weight excluding hydrogens is 254 g/mol. The maximum absolute atomic E-state index is 5.62. The van der Waals surface area contributed by atoms with Gasteiger partial charge >= 0.3 is 0 Å². The lowest BCUT2D eigenvalue weighted by Crippen LogP contribution is -2.40. The van der Waals surface area contributed by atoms with Gasteiger partial charge in [0.05, 0.1) is 19.8 Å². The Morgan fingerprint density at radius 2 is 2.20 bits per heavy atom. The molecule has 1 heterocycles. The monoisotopic (exact) mass is 285 g/mol. The zero-order chi connectivity index (χ0) is 14.6. The predicted molar refractivity (Wildman–Crippen MR) is 83.3 cm³/mol. The number of nitrogens with one attached hydrogen (secondary N) is 1. The lowest BCUT2D eigenvalue weighted by Gasteiger charge is -2.21. The van der Waals surface area contributed by atoms with Crippen molar-refractivity contribution in [2.45, 2.75) is 32.6 Å². The molecule has 1 aliphatic rings. The summed E-state index contributed by atoms with van der Waals surface area (Å²) >= 11 is 0. The van der Waals surface area contributed by atoms with Crippen molar-refractivity contribution in [2.24, 2.45) is 10.9 Å². The van der Waals surface area contributed by atoms with E-state index < -0.39 is 0 Å². The topological polar surface area (TPSA) is 46.1 Å². The highest BCUT2D eigenvalue weighted by molar-refractivity contribution is 5.80. The van der Waals surface area contributed by atoms with Crippen LogP contribution in [0.4, 0.5) is 0 Å². The van der Waals surface area contributed by atoms with Gasteiger partial charge < -0.3 is 19.7 Å². The second-order valence-corrected chi connectivity index (χ2v) is 5.35. The Labute approximate surface area is 123 Å². The molecule has 1 unspecified atom stereocenters. The highest BCUT2D eigenvalue weighted by Gasteiger charge is 2.24. The Hall–Kier alpha value is -0.810. The van der Waals surface area contributed by atoms with Gasteiger partial charge in [-0.15, -0.1) is 0 Å². The normalized spacial score (nSPS) is 19.6. The zero-order valence-electron chi connectivity index (χ0n) is 13.4. The van der Waals surface area contributed by atoms with E-state index >= 15 is 0 Å². The SMILES string of the molecule is CCCCCNC(=NC)N1CCC(COCCOC)C1. The van der Waals surface area contributed by atoms with Crippen LogP contribution in [0.5, 0.6) is 0 Å². The van der Waals surface area contributed by atoms with Crippen molar-refractivity contribution < 1.29 is 9.47 Å². The van der Waals surface area contributed by atoms with E-state index in [0.717, 1.165) is 32.2 Å². The molecule has 1 saturated heterocycles. The number of hydrogen-bond acceptors (Lipinski definition) is 3. The Bertz CT molecular complexity index is 272. The smallest absolute Gasteiger partial charge is 0.193 e. The highest BCUT2D eigenvalue weighted by Crippen LogP contribution is 2.16. The minimum Gasteiger partial charge on any atom is -0.382 e. The van der Waals surface area contributed by atoms with Crippen molar-refractivity contribution >= 4 is 5.96 Å². The third-order valence-corrected chi connectivity index (χ3v) is 3.65. The number of likely N-dealkylation sites (tertiary alicyclic amines) is 1. The van der Waals surface area contributed by atoms with E-state index in [1.807, 2.05) is 7.05 Å². The van der Waals surface area contributed by atoms with Gasteiger partial charge in [0.15, 0.2) is 5.96 Å². The second kappa shape index (κ2) is 10.9. The number of ether oxygens (including phenoxy) is 2. The van der Waals surface area contributed by atoms with Gasteiger partial charge in [0.2, 0.25) is 0 Å². The molecule has 0 aliphatic carbocycles. The van der Waals surface area contributed by atoms with Crippen LogP contribution < -0.4 is 5.32 Å². The summed E-state index contributed by atoms with van der Waals surface area (Å²) in [4.78, 5) is 6.73. The molecule has 118 valence electrons. The fourth-order valence-corrected chi connectivity index (χ4v) is 2.46. The molecule has 20 heavy (non-hydrogen) atoms. The summed E-state index contributed by atoms with van der Waals surface area (Å²) in [5.41, 5.74) is 0. The van der Waals surface area contributed by atoms with Crippen LogP contribution in [-0.4, -0.2) is 64.5 Å². The number of hydrogen-bond donors (Lipinski definition) is 1. The van der Waals surface area contributed by atoms with E-state index in [9.17, 15) is 0 Å². The average Bonchev–Trinajstić information content (AvgIpc) is 2.92. The maximum Gasteiger partial charge on any atom is 0.193 e. The molecule has 0 radical (unpaired) electrons.